The number of para-hydroxylation sites is 2. The minimum Gasteiger partial charge on any atom is -0.423 e. The van der Waals surface area contributed by atoms with Crippen LogP contribution in [0.2, 0.25) is 0 Å². The van der Waals surface area contributed by atoms with Gasteiger partial charge in [-0.2, -0.15) is 4.98 Å². The normalized spacial score (nSPS) is 22.7. The largest absolute Gasteiger partial charge is 0.423 e. The summed E-state index contributed by atoms with van der Waals surface area (Å²) >= 11 is 0. The van der Waals surface area contributed by atoms with E-state index in [0.717, 1.165) is 75.5 Å². The predicted molar refractivity (Wildman–Crippen MR) is 102 cm³/mol. The lowest BCUT2D eigenvalue weighted by Crippen LogP contribution is -2.50. The second kappa shape index (κ2) is 7.66. The molecule has 0 aliphatic carbocycles. The lowest BCUT2D eigenvalue weighted by atomic mass is 9.93. The maximum absolute atomic E-state index is 12.2. The molecule has 6 heteroatoms. The molecule has 1 atom stereocenters. The number of hydrogen-bond acceptors (Lipinski definition) is 5. The van der Waals surface area contributed by atoms with Gasteiger partial charge >= 0.3 is 0 Å². The summed E-state index contributed by atoms with van der Waals surface area (Å²) < 4.78 is 5.91. The molecule has 0 spiro atoms. The molecule has 2 aliphatic rings. The summed E-state index contributed by atoms with van der Waals surface area (Å²) in [7, 11) is 0. The van der Waals surface area contributed by atoms with Crippen LogP contribution in [0.1, 0.15) is 32.6 Å². The van der Waals surface area contributed by atoms with Gasteiger partial charge in [0.2, 0.25) is 5.91 Å². The number of carbonyl (C=O) groups is 1. The van der Waals surface area contributed by atoms with Crippen LogP contribution in [0.5, 0.6) is 0 Å². The van der Waals surface area contributed by atoms with Gasteiger partial charge < -0.3 is 14.6 Å². The quantitative estimate of drug-likeness (QED) is 0.912. The number of carbonyl (C=O) groups excluding carboxylic acids is 1. The van der Waals surface area contributed by atoms with E-state index in [0.29, 0.717) is 6.04 Å². The maximum Gasteiger partial charge on any atom is 0.298 e. The van der Waals surface area contributed by atoms with Crippen molar-refractivity contribution in [3.63, 3.8) is 0 Å². The number of fused-ring (bicyclic) bond motifs is 1. The molecule has 0 bridgehead atoms. The van der Waals surface area contributed by atoms with Gasteiger partial charge in [-0.3, -0.25) is 9.69 Å². The molecule has 2 fully saturated rings. The van der Waals surface area contributed by atoms with Crippen LogP contribution in [0.15, 0.2) is 28.7 Å². The van der Waals surface area contributed by atoms with Crippen molar-refractivity contribution < 1.29 is 9.21 Å². The van der Waals surface area contributed by atoms with Crippen LogP contribution in [-0.2, 0) is 4.79 Å². The Bertz CT molecular complexity index is 718. The highest BCUT2D eigenvalue weighted by Gasteiger charge is 2.32. The van der Waals surface area contributed by atoms with E-state index in [-0.39, 0.29) is 11.8 Å². The van der Waals surface area contributed by atoms with Crippen molar-refractivity contribution in [2.24, 2.45) is 5.92 Å². The number of hydrogen-bond donors (Lipinski definition) is 1. The summed E-state index contributed by atoms with van der Waals surface area (Å²) in [5, 5.41) is 2.99. The molecule has 140 valence electrons. The van der Waals surface area contributed by atoms with E-state index in [1.165, 1.54) is 0 Å². The summed E-state index contributed by atoms with van der Waals surface area (Å²) in [5.74, 6) is 0.375. The molecule has 2 aliphatic heterocycles. The molecular formula is C20H28N4O2. The number of amides is 1. The average Bonchev–Trinajstić information content (AvgIpc) is 3.13. The Hall–Kier alpha value is -2.08. The number of likely N-dealkylation sites (tertiary alicyclic amines) is 1. The van der Waals surface area contributed by atoms with Crippen LogP contribution in [-0.4, -0.2) is 54.6 Å². The molecule has 3 heterocycles. The highest BCUT2D eigenvalue weighted by atomic mass is 16.4. The van der Waals surface area contributed by atoms with Crippen LogP contribution in [0.3, 0.4) is 0 Å². The summed E-state index contributed by atoms with van der Waals surface area (Å²) in [6.07, 6.45) is 4.33. The monoisotopic (exact) mass is 356 g/mol. The molecule has 1 amide bonds. The van der Waals surface area contributed by atoms with Gasteiger partial charge in [-0.1, -0.05) is 12.1 Å². The van der Waals surface area contributed by atoms with Gasteiger partial charge in [0.05, 0.1) is 5.92 Å². The Morgan fingerprint density at radius 2 is 2.04 bits per heavy atom. The molecule has 0 radical (unpaired) electrons. The molecule has 26 heavy (non-hydrogen) atoms. The summed E-state index contributed by atoms with van der Waals surface area (Å²) in [6, 6.07) is 9.22. The smallest absolute Gasteiger partial charge is 0.298 e. The van der Waals surface area contributed by atoms with Gasteiger partial charge in [-0.25, -0.2) is 0 Å². The molecular weight excluding hydrogens is 328 g/mol. The summed E-state index contributed by atoms with van der Waals surface area (Å²) in [6.45, 7) is 6.64. The lowest BCUT2D eigenvalue weighted by molar-refractivity contribution is -0.127. The van der Waals surface area contributed by atoms with Crippen LogP contribution < -0.4 is 10.2 Å². The fourth-order valence-electron chi connectivity index (χ4n) is 4.29. The number of anilines is 1. The fraction of sp³-hybridized carbons (Fsp3) is 0.600. The lowest BCUT2D eigenvalue weighted by Gasteiger charge is -2.41. The Labute approximate surface area is 154 Å². The number of oxazole rings is 1. The molecule has 1 unspecified atom stereocenters. The molecule has 1 aromatic heterocycles. The number of nitrogens with zero attached hydrogens (tertiary/aromatic N) is 3. The zero-order chi connectivity index (χ0) is 17.9. The van der Waals surface area contributed by atoms with Crippen LogP contribution in [0.25, 0.3) is 11.1 Å². The molecule has 1 aromatic carbocycles. The van der Waals surface area contributed by atoms with Crippen LogP contribution in [0, 0.1) is 5.92 Å². The second-order valence-electron chi connectivity index (χ2n) is 7.41. The first-order chi connectivity index (χ1) is 12.7. The number of benzene rings is 1. The van der Waals surface area contributed by atoms with Gasteiger partial charge in [0.25, 0.3) is 6.01 Å². The SMILES string of the molecule is CCNC(=O)C1CCCN(C2CCN(c3nc4ccccc4o3)CC2)C1. The first kappa shape index (κ1) is 17.3. The highest BCUT2D eigenvalue weighted by molar-refractivity contribution is 5.78. The Morgan fingerprint density at radius 3 is 2.81 bits per heavy atom. The Balaban J connectivity index is 1.35. The highest BCUT2D eigenvalue weighted by Crippen LogP contribution is 2.28. The number of aromatic nitrogens is 1. The van der Waals surface area contributed by atoms with E-state index in [1.54, 1.807) is 0 Å². The fourth-order valence-corrected chi connectivity index (χ4v) is 4.29. The van der Waals surface area contributed by atoms with E-state index >= 15 is 0 Å². The first-order valence-corrected chi connectivity index (χ1v) is 9.87. The molecule has 1 N–H and O–H groups in total. The van der Waals surface area contributed by atoms with Crippen molar-refractivity contribution >= 4 is 23.0 Å². The second-order valence-corrected chi connectivity index (χ2v) is 7.41. The van der Waals surface area contributed by atoms with Gasteiger partial charge in [0, 0.05) is 32.2 Å². The number of piperidine rings is 2. The molecule has 2 aromatic rings. The zero-order valence-corrected chi connectivity index (χ0v) is 15.5. The third-order valence-corrected chi connectivity index (χ3v) is 5.71. The molecule has 6 nitrogen and oxygen atoms in total. The van der Waals surface area contributed by atoms with Crippen molar-refractivity contribution in [3.8, 4) is 0 Å². The first-order valence-electron chi connectivity index (χ1n) is 9.87. The minimum absolute atomic E-state index is 0.152. The third kappa shape index (κ3) is 3.56. The van der Waals surface area contributed by atoms with Gasteiger partial charge in [0.1, 0.15) is 5.52 Å². The van der Waals surface area contributed by atoms with Gasteiger partial charge in [-0.15, -0.1) is 0 Å². The summed E-state index contributed by atoms with van der Waals surface area (Å²) in [4.78, 5) is 21.6. The van der Waals surface area contributed by atoms with Gasteiger partial charge in [0.15, 0.2) is 5.58 Å². The van der Waals surface area contributed by atoms with Crippen LogP contribution in [0.4, 0.5) is 6.01 Å². The maximum atomic E-state index is 12.2. The van der Waals surface area contributed by atoms with Crippen LogP contribution >= 0.6 is 0 Å². The van der Waals surface area contributed by atoms with Crippen molar-refractivity contribution in [2.75, 3.05) is 37.6 Å². The zero-order valence-electron chi connectivity index (χ0n) is 15.5. The van der Waals surface area contributed by atoms with Crippen molar-refractivity contribution in [3.05, 3.63) is 24.3 Å². The minimum atomic E-state index is 0.152. The van der Waals surface area contributed by atoms with Crippen molar-refractivity contribution in [1.82, 2.24) is 15.2 Å². The average molecular weight is 356 g/mol. The molecule has 0 saturated carbocycles. The molecule has 4 rings (SSSR count). The Kier molecular flexibility index (Phi) is 5.11. The standard InChI is InChI=1S/C20H28N4O2/c1-2-21-19(25)15-6-5-11-24(14-15)16-9-12-23(13-10-16)20-22-17-7-3-4-8-18(17)26-20/h3-4,7-8,15-16H,2,5-6,9-14H2,1H3,(H,21,25). The predicted octanol–water partition coefficient (Wildman–Crippen LogP) is 2.64. The Morgan fingerprint density at radius 1 is 1.23 bits per heavy atom. The van der Waals surface area contributed by atoms with E-state index in [4.69, 9.17) is 4.42 Å². The van der Waals surface area contributed by atoms with Gasteiger partial charge in [-0.05, 0) is 51.3 Å². The van der Waals surface area contributed by atoms with E-state index < -0.39 is 0 Å². The van der Waals surface area contributed by atoms with E-state index in [2.05, 4.69) is 20.1 Å². The topological polar surface area (TPSA) is 61.6 Å². The summed E-state index contributed by atoms with van der Waals surface area (Å²) in [5.41, 5.74) is 1.77. The third-order valence-electron chi connectivity index (χ3n) is 5.71. The number of rotatable bonds is 4. The van der Waals surface area contributed by atoms with E-state index in [9.17, 15) is 4.79 Å². The van der Waals surface area contributed by atoms with E-state index in [1.807, 2.05) is 31.2 Å². The van der Waals surface area contributed by atoms with Crippen molar-refractivity contribution in [2.45, 2.75) is 38.6 Å². The van der Waals surface area contributed by atoms with Crippen molar-refractivity contribution in [1.29, 1.82) is 0 Å². The molecule has 2 saturated heterocycles. The number of nitrogens with one attached hydrogen (secondary N) is 1.